The number of phenolic OH excluding ortho intramolecular Hbond substituents is 1. The zero-order valence-electron chi connectivity index (χ0n) is 12.1. The summed E-state index contributed by atoms with van der Waals surface area (Å²) in [5.74, 6) is 0.564. The number of aryl methyl sites for hydroxylation is 1. The fourth-order valence-electron chi connectivity index (χ4n) is 3.02. The molecule has 118 valence electrons. The third-order valence-electron chi connectivity index (χ3n) is 3.82. The van der Waals surface area contributed by atoms with E-state index in [2.05, 4.69) is 17.0 Å². The van der Waals surface area contributed by atoms with Crippen LogP contribution in [0.4, 0.5) is 13.2 Å². The molecule has 0 saturated heterocycles. The summed E-state index contributed by atoms with van der Waals surface area (Å²) in [6.45, 7) is 3.18. The lowest BCUT2D eigenvalue weighted by Crippen LogP contribution is -2.26. The Morgan fingerprint density at radius 2 is 2.05 bits per heavy atom. The summed E-state index contributed by atoms with van der Waals surface area (Å²) >= 11 is 0. The van der Waals surface area contributed by atoms with Crippen LogP contribution in [0.15, 0.2) is 12.1 Å². The van der Waals surface area contributed by atoms with Gasteiger partial charge in [0.05, 0.1) is 6.61 Å². The van der Waals surface area contributed by atoms with Crippen LogP contribution in [0.3, 0.4) is 0 Å². The number of hydrogen-bond donors (Lipinski definition) is 2. The van der Waals surface area contributed by atoms with E-state index in [0.29, 0.717) is 12.5 Å². The van der Waals surface area contributed by atoms with Crippen molar-refractivity contribution in [2.24, 2.45) is 0 Å². The lowest BCUT2D eigenvalue weighted by molar-refractivity contribution is -0.173. The topological polar surface area (TPSA) is 41.5 Å². The molecule has 0 bridgehead atoms. The molecule has 2 unspecified atom stereocenters. The highest BCUT2D eigenvalue weighted by molar-refractivity contribution is 5.50. The van der Waals surface area contributed by atoms with Crippen molar-refractivity contribution >= 4 is 0 Å². The maximum Gasteiger partial charge on any atom is 0.411 e. The highest BCUT2D eigenvalue weighted by atomic mass is 19.4. The van der Waals surface area contributed by atoms with E-state index in [9.17, 15) is 18.3 Å². The Labute approximate surface area is 122 Å². The Kier molecular flexibility index (Phi) is 4.78. The molecule has 1 aliphatic rings. The van der Waals surface area contributed by atoms with E-state index in [0.717, 1.165) is 23.1 Å². The average Bonchev–Trinajstić information content (AvgIpc) is 2.70. The molecule has 2 N–H and O–H groups in total. The summed E-state index contributed by atoms with van der Waals surface area (Å²) in [6, 6.07) is 3.52. The molecule has 1 aromatic rings. The van der Waals surface area contributed by atoms with Crippen LogP contribution >= 0.6 is 0 Å². The molecule has 2 atom stereocenters. The van der Waals surface area contributed by atoms with Crippen molar-refractivity contribution in [2.75, 3.05) is 19.8 Å². The molecule has 0 saturated carbocycles. The zero-order valence-corrected chi connectivity index (χ0v) is 12.1. The first-order valence-electron chi connectivity index (χ1n) is 7.00. The van der Waals surface area contributed by atoms with Crippen LogP contribution in [0, 0.1) is 6.92 Å². The summed E-state index contributed by atoms with van der Waals surface area (Å²) in [6.07, 6.45) is -3.46. The zero-order chi connectivity index (χ0) is 15.6. The molecule has 0 spiro atoms. The Balaban J connectivity index is 1.92. The van der Waals surface area contributed by atoms with Crippen LogP contribution in [0.25, 0.3) is 0 Å². The van der Waals surface area contributed by atoms with Crippen molar-refractivity contribution in [1.82, 2.24) is 5.32 Å². The normalized spacial score (nSPS) is 21.6. The van der Waals surface area contributed by atoms with Gasteiger partial charge in [-0.05, 0) is 36.5 Å². The smallest absolute Gasteiger partial charge is 0.411 e. The van der Waals surface area contributed by atoms with Crippen LogP contribution in [0.2, 0.25) is 0 Å². The first-order chi connectivity index (χ1) is 9.79. The number of fused-ring (bicyclic) bond motifs is 1. The standard InChI is InChI=1S/C15H20F3NO2/c1-9-3-4-12(20)14-11(7-10(2)13(9)14)19-5-6-21-8-15(16,17)18/h3-4,10-11,19-20H,5-8H2,1-2H3. The van der Waals surface area contributed by atoms with Gasteiger partial charge in [-0.3, -0.25) is 0 Å². The van der Waals surface area contributed by atoms with Gasteiger partial charge in [-0.2, -0.15) is 13.2 Å². The van der Waals surface area contributed by atoms with E-state index in [1.165, 1.54) is 0 Å². The van der Waals surface area contributed by atoms with Gasteiger partial charge in [0.1, 0.15) is 12.4 Å². The Morgan fingerprint density at radius 3 is 2.71 bits per heavy atom. The third kappa shape index (κ3) is 3.89. The second-order valence-electron chi connectivity index (χ2n) is 5.54. The van der Waals surface area contributed by atoms with Gasteiger partial charge in [0.15, 0.2) is 0 Å². The van der Waals surface area contributed by atoms with Crippen LogP contribution in [0.1, 0.15) is 42.0 Å². The maximum atomic E-state index is 12.0. The molecular formula is C15H20F3NO2. The third-order valence-corrected chi connectivity index (χ3v) is 3.82. The molecule has 0 heterocycles. The lowest BCUT2D eigenvalue weighted by atomic mass is 9.97. The fourth-order valence-corrected chi connectivity index (χ4v) is 3.02. The highest BCUT2D eigenvalue weighted by Crippen LogP contribution is 2.45. The summed E-state index contributed by atoms with van der Waals surface area (Å²) in [7, 11) is 0. The van der Waals surface area contributed by atoms with E-state index in [4.69, 9.17) is 0 Å². The van der Waals surface area contributed by atoms with Crippen molar-refractivity contribution in [3.05, 3.63) is 28.8 Å². The summed E-state index contributed by atoms with van der Waals surface area (Å²) < 4.78 is 40.4. The monoisotopic (exact) mass is 303 g/mol. The maximum absolute atomic E-state index is 12.0. The minimum atomic E-state index is -4.29. The van der Waals surface area contributed by atoms with Gasteiger partial charge in [0, 0.05) is 18.2 Å². The molecule has 6 heteroatoms. The minimum absolute atomic E-state index is 0.00764. The number of nitrogens with one attached hydrogen (secondary N) is 1. The van der Waals surface area contributed by atoms with Gasteiger partial charge in [-0.25, -0.2) is 0 Å². The number of hydrogen-bond acceptors (Lipinski definition) is 3. The van der Waals surface area contributed by atoms with Gasteiger partial charge in [-0.1, -0.05) is 13.0 Å². The van der Waals surface area contributed by atoms with Crippen molar-refractivity contribution in [3.63, 3.8) is 0 Å². The van der Waals surface area contributed by atoms with E-state index in [1.54, 1.807) is 6.07 Å². The molecule has 1 aromatic carbocycles. The second kappa shape index (κ2) is 6.23. The van der Waals surface area contributed by atoms with Crippen molar-refractivity contribution < 1.29 is 23.0 Å². The highest BCUT2D eigenvalue weighted by Gasteiger charge is 2.32. The van der Waals surface area contributed by atoms with Crippen LogP contribution in [-0.2, 0) is 4.74 Å². The predicted octanol–water partition coefficient (Wildman–Crippen LogP) is 3.42. The van der Waals surface area contributed by atoms with Crippen molar-refractivity contribution in [3.8, 4) is 5.75 Å². The predicted molar refractivity (Wildman–Crippen MR) is 73.5 cm³/mol. The van der Waals surface area contributed by atoms with E-state index in [-0.39, 0.29) is 18.4 Å². The van der Waals surface area contributed by atoms with Crippen LogP contribution in [-0.4, -0.2) is 31.0 Å². The van der Waals surface area contributed by atoms with E-state index < -0.39 is 12.8 Å². The van der Waals surface area contributed by atoms with Gasteiger partial charge in [0.25, 0.3) is 0 Å². The molecule has 2 rings (SSSR count). The molecular weight excluding hydrogens is 283 g/mol. The number of rotatable bonds is 5. The van der Waals surface area contributed by atoms with Crippen molar-refractivity contribution in [1.29, 1.82) is 0 Å². The summed E-state index contributed by atoms with van der Waals surface area (Å²) in [4.78, 5) is 0. The molecule has 3 nitrogen and oxygen atoms in total. The first-order valence-corrected chi connectivity index (χ1v) is 7.00. The van der Waals surface area contributed by atoms with Gasteiger partial charge < -0.3 is 15.2 Å². The molecule has 0 radical (unpaired) electrons. The quantitative estimate of drug-likeness (QED) is 0.819. The SMILES string of the molecule is Cc1ccc(O)c2c1C(C)CC2NCCOCC(F)(F)F. The first kappa shape index (κ1) is 16.1. The Morgan fingerprint density at radius 1 is 1.33 bits per heavy atom. The molecule has 0 amide bonds. The number of halogens is 3. The number of ether oxygens (including phenoxy) is 1. The number of phenols is 1. The van der Waals surface area contributed by atoms with Crippen molar-refractivity contribution in [2.45, 2.75) is 38.4 Å². The lowest BCUT2D eigenvalue weighted by Gasteiger charge is -2.16. The van der Waals surface area contributed by atoms with E-state index >= 15 is 0 Å². The van der Waals surface area contributed by atoms with Crippen LogP contribution in [0.5, 0.6) is 5.75 Å². The number of alkyl halides is 3. The van der Waals surface area contributed by atoms with Crippen LogP contribution < -0.4 is 5.32 Å². The Hall–Kier alpha value is -1.27. The molecule has 1 aliphatic carbocycles. The molecule has 0 aromatic heterocycles. The molecule has 21 heavy (non-hydrogen) atoms. The fraction of sp³-hybridized carbons (Fsp3) is 0.600. The summed E-state index contributed by atoms with van der Waals surface area (Å²) in [5.41, 5.74) is 3.15. The summed E-state index contributed by atoms with van der Waals surface area (Å²) in [5, 5.41) is 13.2. The Bertz CT molecular complexity index is 502. The number of aromatic hydroxyl groups is 1. The minimum Gasteiger partial charge on any atom is -0.508 e. The largest absolute Gasteiger partial charge is 0.508 e. The van der Waals surface area contributed by atoms with Gasteiger partial charge in [0.2, 0.25) is 0 Å². The molecule has 0 aliphatic heterocycles. The van der Waals surface area contributed by atoms with Gasteiger partial charge >= 0.3 is 6.18 Å². The van der Waals surface area contributed by atoms with E-state index in [1.807, 2.05) is 13.0 Å². The van der Waals surface area contributed by atoms with Gasteiger partial charge in [-0.15, -0.1) is 0 Å². The average molecular weight is 303 g/mol. The second-order valence-corrected chi connectivity index (χ2v) is 5.54. The number of benzene rings is 1. The molecule has 0 fully saturated rings.